The number of rotatable bonds is 1. The number of alkyl halides is 1. The lowest BCUT2D eigenvalue weighted by Crippen LogP contribution is -2.26. The lowest BCUT2D eigenvalue weighted by atomic mass is 9.99. The Morgan fingerprint density at radius 1 is 1.40 bits per heavy atom. The van der Waals surface area contributed by atoms with E-state index in [0.717, 1.165) is 5.92 Å². The van der Waals surface area contributed by atoms with Crippen molar-refractivity contribution in [3.05, 3.63) is 0 Å². The molecule has 1 heterocycles. The van der Waals surface area contributed by atoms with Crippen molar-refractivity contribution < 1.29 is 4.74 Å². The van der Waals surface area contributed by atoms with Gasteiger partial charge in [-0.2, -0.15) is 0 Å². The van der Waals surface area contributed by atoms with Crippen molar-refractivity contribution >= 4 is 25.2 Å². The third kappa shape index (κ3) is 2.31. The van der Waals surface area contributed by atoms with Crippen LogP contribution in [0.4, 0.5) is 0 Å². The van der Waals surface area contributed by atoms with Crippen LogP contribution in [-0.2, 0) is 4.74 Å². The summed E-state index contributed by atoms with van der Waals surface area (Å²) in [6, 6.07) is 0. The van der Waals surface area contributed by atoms with Crippen LogP contribution in [0.25, 0.3) is 0 Å². The average molecular weight is 254 g/mol. The smallest absolute Gasteiger partial charge is 0.104 e. The molecule has 60 valence electrons. The van der Waals surface area contributed by atoms with Crippen LogP contribution in [0.15, 0.2) is 0 Å². The normalized spacial score (nSPS) is 41.6. The predicted octanol–water partition coefficient (Wildman–Crippen LogP) is 2.55. The molecule has 0 N–H and O–H groups in total. The van der Waals surface area contributed by atoms with E-state index in [2.05, 4.69) is 18.4 Å². The first-order chi connectivity index (χ1) is 4.72. The van der Waals surface area contributed by atoms with Crippen LogP contribution in [0.5, 0.6) is 0 Å². The van der Waals surface area contributed by atoms with Gasteiger partial charge in [-0.3, -0.25) is 0 Å². The first-order valence-corrected chi connectivity index (χ1v) is 6.52. The van der Waals surface area contributed by atoms with Crippen molar-refractivity contribution in [3.8, 4) is 0 Å². The molecule has 3 unspecified atom stereocenters. The summed E-state index contributed by atoms with van der Waals surface area (Å²) in [6.07, 6.45) is 2.97. The van der Waals surface area contributed by atoms with Crippen LogP contribution >= 0.6 is 20.7 Å². The predicted molar refractivity (Wildman–Crippen MR) is 53.9 cm³/mol. The second-order valence-corrected chi connectivity index (χ2v) is 5.36. The molecule has 0 aromatic carbocycles. The van der Waals surface area contributed by atoms with Crippen LogP contribution in [0.1, 0.15) is 26.7 Å². The van der Waals surface area contributed by atoms with Crippen molar-refractivity contribution in [2.24, 2.45) is 5.92 Å². The Morgan fingerprint density at radius 3 is 2.60 bits per heavy atom. The summed E-state index contributed by atoms with van der Waals surface area (Å²) < 4.78 is 10.2. The zero-order valence-corrected chi connectivity index (χ0v) is 8.80. The monoisotopic (exact) mass is 254 g/mol. The molecule has 1 nitrogen and oxygen atoms in total. The molecule has 0 aromatic rings. The molecule has 1 aliphatic rings. The molecule has 2 heteroatoms. The van der Waals surface area contributed by atoms with Crippen LogP contribution in [0.3, 0.4) is 0 Å². The highest BCUT2D eigenvalue weighted by molar-refractivity contribution is 14.2. The number of ether oxygens (including phenoxy) is 1. The van der Waals surface area contributed by atoms with E-state index in [0.29, 0.717) is 10.2 Å². The summed E-state index contributed by atoms with van der Waals surface area (Å²) >= 11 is 0.0597. The molecule has 1 fully saturated rings. The van der Waals surface area contributed by atoms with E-state index in [1.807, 2.05) is 0 Å². The zero-order chi connectivity index (χ0) is 7.56. The molecule has 0 amide bonds. The molecule has 1 aliphatic heterocycles. The third-order valence-electron chi connectivity index (χ3n) is 1.87. The number of halogens is 1. The summed E-state index contributed by atoms with van der Waals surface area (Å²) in [4.78, 5) is 0. The minimum atomic E-state index is 0.0597. The first kappa shape index (κ1) is 8.65. The van der Waals surface area contributed by atoms with E-state index in [1.54, 1.807) is 0 Å². The van der Waals surface area contributed by atoms with E-state index in [1.165, 1.54) is 12.8 Å². The van der Waals surface area contributed by atoms with Crippen molar-refractivity contribution in [2.45, 2.75) is 36.9 Å². The molecule has 10 heavy (non-hydrogen) atoms. The van der Waals surface area contributed by atoms with Gasteiger partial charge in [-0.25, -0.2) is 0 Å². The fraction of sp³-hybridized carbons (Fsp3) is 0.875. The van der Waals surface area contributed by atoms with E-state index in [4.69, 9.17) is 4.74 Å². The van der Waals surface area contributed by atoms with Gasteiger partial charge in [0.05, 0.1) is 6.10 Å². The third-order valence-corrected chi connectivity index (χ3v) is 3.66. The molecule has 0 bridgehead atoms. The maximum atomic E-state index is 5.69. The minimum Gasteiger partial charge on any atom is -0.365 e. The van der Waals surface area contributed by atoms with E-state index < -0.39 is 0 Å². The molecular formula is C8H15IO. The van der Waals surface area contributed by atoms with Crippen molar-refractivity contribution in [1.29, 1.82) is 0 Å². The maximum absolute atomic E-state index is 5.69. The van der Waals surface area contributed by atoms with E-state index >= 15 is 0 Å². The van der Waals surface area contributed by atoms with Gasteiger partial charge in [0.1, 0.15) is 4.11 Å². The molecule has 1 rings (SSSR count). The Bertz CT molecular complexity index is 114. The topological polar surface area (TPSA) is 9.23 Å². The Kier molecular flexibility index (Phi) is 3.30. The molecule has 0 spiro atoms. The summed E-state index contributed by atoms with van der Waals surface area (Å²) in [5.74, 6) is 0.857. The SMILES string of the molecule is C=IC1CC(C)CC(C)O1. The minimum absolute atomic E-state index is 0.0597. The van der Waals surface area contributed by atoms with Crippen LogP contribution in [0, 0.1) is 5.92 Å². The largest absolute Gasteiger partial charge is 0.365 e. The Labute approximate surface area is 72.9 Å². The molecule has 0 aromatic heterocycles. The second-order valence-electron chi connectivity index (χ2n) is 3.09. The zero-order valence-electron chi connectivity index (χ0n) is 6.64. The van der Waals surface area contributed by atoms with Crippen LogP contribution in [-0.4, -0.2) is 14.7 Å². The molecule has 3 atom stereocenters. The Balaban J connectivity index is 2.42. The standard InChI is InChI=1S/C8H15IO/c1-6-4-7(2)10-8(5-6)9-3/h6-8H,3-5H2,1-2H3. The van der Waals surface area contributed by atoms with Gasteiger partial charge < -0.3 is 4.74 Å². The van der Waals surface area contributed by atoms with Crippen molar-refractivity contribution in [1.82, 2.24) is 0 Å². The first-order valence-electron chi connectivity index (χ1n) is 3.74. The molecule has 0 aliphatic carbocycles. The van der Waals surface area contributed by atoms with Gasteiger partial charge in [-0.05, 0) is 25.7 Å². The van der Waals surface area contributed by atoms with Gasteiger partial charge in [0.2, 0.25) is 0 Å². The van der Waals surface area contributed by atoms with Gasteiger partial charge in [0.15, 0.2) is 0 Å². The highest BCUT2D eigenvalue weighted by Crippen LogP contribution is 2.29. The summed E-state index contributed by atoms with van der Waals surface area (Å²) in [5.41, 5.74) is 0. The summed E-state index contributed by atoms with van der Waals surface area (Å²) in [6.45, 7) is 4.48. The van der Waals surface area contributed by atoms with E-state index in [9.17, 15) is 0 Å². The lowest BCUT2D eigenvalue weighted by Gasteiger charge is -2.29. The van der Waals surface area contributed by atoms with Gasteiger partial charge in [0.25, 0.3) is 0 Å². The van der Waals surface area contributed by atoms with Crippen LogP contribution < -0.4 is 0 Å². The Hall–Kier alpha value is 0.560. The lowest BCUT2D eigenvalue weighted by molar-refractivity contribution is -0.00436. The highest BCUT2D eigenvalue weighted by Gasteiger charge is 2.22. The number of hydrogen-bond acceptors (Lipinski definition) is 1. The summed E-state index contributed by atoms with van der Waals surface area (Å²) in [7, 11) is 0. The number of hydrogen-bond donors (Lipinski definition) is 0. The average Bonchev–Trinajstić information content (AvgIpc) is 1.85. The maximum Gasteiger partial charge on any atom is 0.104 e. The van der Waals surface area contributed by atoms with Gasteiger partial charge in [0, 0.05) is 0 Å². The van der Waals surface area contributed by atoms with E-state index in [-0.39, 0.29) is 20.7 Å². The quantitative estimate of drug-likeness (QED) is 0.516. The molecule has 0 radical (unpaired) electrons. The second kappa shape index (κ2) is 3.81. The van der Waals surface area contributed by atoms with Crippen molar-refractivity contribution in [2.75, 3.05) is 0 Å². The highest BCUT2D eigenvalue weighted by atomic mass is 127. The fourth-order valence-electron chi connectivity index (χ4n) is 1.44. The van der Waals surface area contributed by atoms with Gasteiger partial charge >= 0.3 is 0 Å². The van der Waals surface area contributed by atoms with Gasteiger partial charge in [-0.1, -0.05) is 32.2 Å². The molecule has 0 saturated carbocycles. The van der Waals surface area contributed by atoms with Gasteiger partial charge in [-0.15, -0.1) is 0 Å². The fourth-order valence-corrected chi connectivity index (χ4v) is 3.38. The van der Waals surface area contributed by atoms with Crippen LogP contribution in [0.2, 0.25) is 0 Å². The summed E-state index contributed by atoms with van der Waals surface area (Å²) in [5, 5.41) is 0. The van der Waals surface area contributed by atoms with Crippen molar-refractivity contribution in [3.63, 3.8) is 0 Å². The molecule has 1 saturated heterocycles. The molecular weight excluding hydrogens is 239 g/mol. The Morgan fingerprint density at radius 2 is 2.10 bits per heavy atom.